The number of nitrogens with zero attached hydrogens (tertiary/aromatic N) is 1. The molecule has 0 bridgehead atoms. The van der Waals surface area contributed by atoms with E-state index in [1.807, 2.05) is 42.5 Å². The molecule has 1 N–H and O–H groups in total. The quantitative estimate of drug-likeness (QED) is 0.803. The predicted octanol–water partition coefficient (Wildman–Crippen LogP) is 3.12. The van der Waals surface area contributed by atoms with Gasteiger partial charge in [0, 0.05) is 26.4 Å². The lowest BCUT2D eigenvalue weighted by Gasteiger charge is -2.21. The zero-order chi connectivity index (χ0) is 18.1. The van der Waals surface area contributed by atoms with Crippen molar-refractivity contribution in [3.63, 3.8) is 0 Å². The summed E-state index contributed by atoms with van der Waals surface area (Å²) in [6.45, 7) is 2.52. The number of anilines is 1. The Balaban J connectivity index is 1.85. The molecular weight excluding hydrogens is 316 g/mol. The molecule has 0 spiro atoms. The summed E-state index contributed by atoms with van der Waals surface area (Å²) in [5.74, 6) is 0.444. The van der Waals surface area contributed by atoms with E-state index >= 15 is 0 Å². The second kappa shape index (κ2) is 9.47. The number of rotatable bonds is 8. The first-order valence-electron chi connectivity index (χ1n) is 8.32. The molecule has 2 aromatic carbocycles. The highest BCUT2D eigenvalue weighted by Gasteiger charge is 2.12. The Hall–Kier alpha value is -2.82. The summed E-state index contributed by atoms with van der Waals surface area (Å²) < 4.78 is 5.22. The van der Waals surface area contributed by atoms with Crippen molar-refractivity contribution in [1.29, 1.82) is 0 Å². The number of ether oxygens (including phenoxy) is 1. The van der Waals surface area contributed by atoms with Crippen LogP contribution in [0, 0.1) is 0 Å². The molecule has 2 rings (SSSR count). The minimum Gasteiger partial charge on any atom is -0.495 e. The van der Waals surface area contributed by atoms with Gasteiger partial charge in [0.05, 0.1) is 12.8 Å². The van der Waals surface area contributed by atoms with Gasteiger partial charge in [-0.05, 0) is 24.1 Å². The minimum atomic E-state index is -0.143. The van der Waals surface area contributed by atoms with E-state index in [2.05, 4.69) is 5.32 Å². The van der Waals surface area contributed by atoms with Gasteiger partial charge in [-0.15, -0.1) is 0 Å². The van der Waals surface area contributed by atoms with Crippen LogP contribution in [0.4, 0.5) is 5.69 Å². The van der Waals surface area contributed by atoms with Crippen LogP contribution in [-0.4, -0.2) is 36.9 Å². The maximum atomic E-state index is 12.2. The number of benzene rings is 2. The number of nitrogens with one attached hydrogen (secondary N) is 1. The van der Waals surface area contributed by atoms with Gasteiger partial charge in [-0.25, -0.2) is 0 Å². The van der Waals surface area contributed by atoms with Crippen LogP contribution >= 0.6 is 0 Å². The van der Waals surface area contributed by atoms with Crippen molar-refractivity contribution in [2.75, 3.05) is 25.5 Å². The summed E-state index contributed by atoms with van der Waals surface area (Å²) in [6, 6.07) is 17.2. The normalized spacial score (nSPS) is 10.2. The molecule has 0 saturated carbocycles. The highest BCUT2D eigenvalue weighted by atomic mass is 16.5. The van der Waals surface area contributed by atoms with Crippen molar-refractivity contribution in [2.45, 2.75) is 19.8 Å². The van der Waals surface area contributed by atoms with Crippen LogP contribution in [0.3, 0.4) is 0 Å². The molecule has 0 atom stereocenters. The third-order valence-electron chi connectivity index (χ3n) is 3.95. The lowest BCUT2D eigenvalue weighted by molar-refractivity contribution is -0.129. The van der Waals surface area contributed by atoms with Gasteiger partial charge in [0.15, 0.2) is 0 Å². The molecule has 0 saturated heterocycles. The summed E-state index contributed by atoms with van der Waals surface area (Å²) in [4.78, 5) is 25.7. The van der Waals surface area contributed by atoms with Gasteiger partial charge in [0.1, 0.15) is 5.75 Å². The lowest BCUT2D eigenvalue weighted by Crippen LogP contribution is -2.33. The number of hydrogen-bond acceptors (Lipinski definition) is 3. The average molecular weight is 340 g/mol. The number of carbonyl (C=O) groups excluding carboxylic acids is 2. The Morgan fingerprint density at radius 3 is 2.36 bits per heavy atom. The van der Waals surface area contributed by atoms with Crippen LogP contribution in [-0.2, 0) is 16.0 Å². The summed E-state index contributed by atoms with van der Waals surface area (Å²) >= 11 is 0. The molecule has 25 heavy (non-hydrogen) atoms. The first kappa shape index (κ1) is 18.5. The SMILES string of the molecule is COc1ccccc1NC(=O)CCN(CCc1ccccc1)C(C)=O. The van der Waals surface area contributed by atoms with Crippen molar-refractivity contribution in [3.8, 4) is 5.75 Å². The van der Waals surface area contributed by atoms with Crippen molar-refractivity contribution in [2.24, 2.45) is 0 Å². The Morgan fingerprint density at radius 2 is 1.68 bits per heavy atom. The molecule has 2 aromatic rings. The molecule has 5 nitrogen and oxygen atoms in total. The van der Waals surface area contributed by atoms with Crippen molar-refractivity contribution in [3.05, 3.63) is 60.2 Å². The van der Waals surface area contributed by atoms with Gasteiger partial charge in [-0.2, -0.15) is 0 Å². The van der Waals surface area contributed by atoms with Gasteiger partial charge in [-0.1, -0.05) is 42.5 Å². The Bertz CT molecular complexity index is 701. The third kappa shape index (κ3) is 5.95. The minimum absolute atomic E-state index is 0.0268. The zero-order valence-electron chi connectivity index (χ0n) is 14.7. The third-order valence-corrected chi connectivity index (χ3v) is 3.95. The molecule has 0 unspecified atom stereocenters. The number of amides is 2. The van der Waals surface area contributed by atoms with Crippen LogP contribution < -0.4 is 10.1 Å². The Morgan fingerprint density at radius 1 is 1.00 bits per heavy atom. The molecular formula is C20H24N2O3. The van der Waals surface area contributed by atoms with Gasteiger partial charge in [0.2, 0.25) is 11.8 Å². The van der Waals surface area contributed by atoms with E-state index < -0.39 is 0 Å². The second-order valence-corrected chi connectivity index (χ2v) is 5.74. The highest BCUT2D eigenvalue weighted by Crippen LogP contribution is 2.23. The number of methoxy groups -OCH3 is 1. The molecule has 0 heterocycles. The number of para-hydroxylation sites is 2. The Kier molecular flexibility index (Phi) is 7.01. The molecule has 0 aliphatic carbocycles. The van der Waals surface area contributed by atoms with Crippen LogP contribution in [0.5, 0.6) is 5.75 Å². The fourth-order valence-electron chi connectivity index (χ4n) is 2.53. The number of carbonyl (C=O) groups is 2. The van der Waals surface area contributed by atoms with E-state index in [1.54, 1.807) is 24.1 Å². The van der Waals surface area contributed by atoms with Crippen molar-refractivity contribution >= 4 is 17.5 Å². The molecule has 0 aliphatic rings. The van der Waals surface area contributed by atoms with Gasteiger partial charge in [0.25, 0.3) is 0 Å². The molecule has 0 aromatic heterocycles. The summed E-state index contributed by atoms with van der Waals surface area (Å²) in [7, 11) is 1.56. The smallest absolute Gasteiger partial charge is 0.226 e. The van der Waals surface area contributed by atoms with Crippen molar-refractivity contribution < 1.29 is 14.3 Å². The standard InChI is InChI=1S/C20H24N2O3/c1-16(23)22(14-12-17-8-4-3-5-9-17)15-13-20(24)21-18-10-6-7-11-19(18)25-2/h3-11H,12-15H2,1-2H3,(H,21,24). The van der Waals surface area contributed by atoms with E-state index in [-0.39, 0.29) is 18.2 Å². The summed E-state index contributed by atoms with van der Waals surface area (Å²) in [5, 5.41) is 2.83. The fraction of sp³-hybridized carbons (Fsp3) is 0.300. The van der Waals surface area contributed by atoms with Gasteiger partial charge >= 0.3 is 0 Å². The van der Waals surface area contributed by atoms with E-state index in [0.29, 0.717) is 24.5 Å². The highest BCUT2D eigenvalue weighted by molar-refractivity contribution is 5.92. The largest absolute Gasteiger partial charge is 0.495 e. The maximum absolute atomic E-state index is 12.2. The molecule has 2 amide bonds. The molecule has 0 aliphatic heterocycles. The average Bonchev–Trinajstić information content (AvgIpc) is 2.62. The topological polar surface area (TPSA) is 58.6 Å². The van der Waals surface area contributed by atoms with E-state index in [9.17, 15) is 9.59 Å². The maximum Gasteiger partial charge on any atom is 0.226 e. The monoisotopic (exact) mass is 340 g/mol. The molecule has 5 heteroatoms. The predicted molar refractivity (Wildman–Crippen MR) is 98.6 cm³/mol. The summed E-state index contributed by atoms with van der Waals surface area (Å²) in [5.41, 5.74) is 1.81. The second-order valence-electron chi connectivity index (χ2n) is 5.74. The van der Waals surface area contributed by atoms with E-state index in [1.165, 1.54) is 12.5 Å². The van der Waals surface area contributed by atoms with Crippen LogP contribution in [0.25, 0.3) is 0 Å². The number of hydrogen-bond donors (Lipinski definition) is 1. The zero-order valence-corrected chi connectivity index (χ0v) is 14.7. The molecule has 132 valence electrons. The molecule has 0 fully saturated rings. The van der Waals surface area contributed by atoms with E-state index in [4.69, 9.17) is 4.74 Å². The first-order valence-corrected chi connectivity index (χ1v) is 8.32. The first-order chi connectivity index (χ1) is 12.1. The fourth-order valence-corrected chi connectivity index (χ4v) is 2.53. The molecule has 0 radical (unpaired) electrons. The Labute approximate surface area is 148 Å². The van der Waals surface area contributed by atoms with Crippen LogP contribution in [0.2, 0.25) is 0 Å². The lowest BCUT2D eigenvalue weighted by atomic mass is 10.1. The van der Waals surface area contributed by atoms with Gasteiger partial charge in [-0.3, -0.25) is 9.59 Å². The summed E-state index contributed by atoms with van der Waals surface area (Å²) in [6.07, 6.45) is 1.01. The van der Waals surface area contributed by atoms with Gasteiger partial charge < -0.3 is 15.0 Å². The van der Waals surface area contributed by atoms with Crippen LogP contribution in [0.1, 0.15) is 18.9 Å². The van der Waals surface area contributed by atoms with E-state index in [0.717, 1.165) is 6.42 Å². The van der Waals surface area contributed by atoms with Crippen LogP contribution in [0.15, 0.2) is 54.6 Å². The van der Waals surface area contributed by atoms with Crippen molar-refractivity contribution in [1.82, 2.24) is 4.90 Å².